The average molecular weight is 255 g/mol. The number of aromatic hydroxyl groups is 1. The predicted molar refractivity (Wildman–Crippen MR) is 68.9 cm³/mol. The van der Waals surface area contributed by atoms with Crippen molar-refractivity contribution in [1.29, 1.82) is 0 Å². The molecule has 0 spiro atoms. The van der Waals surface area contributed by atoms with Crippen LogP contribution in [0.1, 0.15) is 12.0 Å². The lowest BCUT2D eigenvalue weighted by atomic mass is 10.2. The molecule has 0 radical (unpaired) electrons. The van der Waals surface area contributed by atoms with Gasteiger partial charge in [0.1, 0.15) is 11.5 Å². The summed E-state index contributed by atoms with van der Waals surface area (Å²) in [5, 5.41) is 22.3. The molecule has 3 N–H and O–H groups in total. The van der Waals surface area contributed by atoms with Crippen LogP contribution in [0.4, 0.5) is 0 Å². The van der Waals surface area contributed by atoms with E-state index in [9.17, 15) is 10.2 Å². The van der Waals surface area contributed by atoms with E-state index in [0.29, 0.717) is 31.9 Å². The molecule has 1 aromatic carbocycles. The normalized spacial score (nSPS) is 12.4. The molecule has 0 amide bonds. The van der Waals surface area contributed by atoms with Crippen molar-refractivity contribution in [3.8, 4) is 11.5 Å². The van der Waals surface area contributed by atoms with Crippen molar-refractivity contribution < 1.29 is 19.7 Å². The van der Waals surface area contributed by atoms with E-state index in [4.69, 9.17) is 9.47 Å². The van der Waals surface area contributed by atoms with Crippen LogP contribution >= 0.6 is 0 Å². The number of rotatable bonds is 8. The highest BCUT2D eigenvalue weighted by Crippen LogP contribution is 2.22. The maximum atomic E-state index is 9.66. The Labute approximate surface area is 107 Å². The molecule has 0 aliphatic carbocycles. The maximum absolute atomic E-state index is 9.66. The third kappa shape index (κ3) is 4.91. The molecule has 5 heteroatoms. The SMILES string of the molecule is COCC(O)CCNCc1cc(OC)ccc1O. The van der Waals surface area contributed by atoms with Crippen LogP contribution < -0.4 is 10.1 Å². The van der Waals surface area contributed by atoms with Gasteiger partial charge in [0, 0.05) is 19.2 Å². The number of hydrogen-bond donors (Lipinski definition) is 3. The summed E-state index contributed by atoms with van der Waals surface area (Å²) in [4.78, 5) is 0. The van der Waals surface area contributed by atoms with Crippen LogP contribution in [0.2, 0.25) is 0 Å². The Morgan fingerprint density at radius 1 is 1.33 bits per heavy atom. The summed E-state index contributed by atoms with van der Waals surface area (Å²) < 4.78 is 9.92. The van der Waals surface area contributed by atoms with Crippen molar-refractivity contribution in [2.24, 2.45) is 0 Å². The van der Waals surface area contributed by atoms with Crippen molar-refractivity contribution in [1.82, 2.24) is 5.32 Å². The largest absolute Gasteiger partial charge is 0.508 e. The predicted octanol–water partition coefficient (Wildman–Crippen LogP) is 0.888. The van der Waals surface area contributed by atoms with Crippen LogP contribution in [0.25, 0.3) is 0 Å². The van der Waals surface area contributed by atoms with Gasteiger partial charge in [0.2, 0.25) is 0 Å². The number of aliphatic hydroxyl groups excluding tert-OH is 1. The molecule has 0 fully saturated rings. The van der Waals surface area contributed by atoms with Gasteiger partial charge in [0.05, 0.1) is 19.8 Å². The molecule has 0 aliphatic heterocycles. The first-order valence-electron chi connectivity index (χ1n) is 5.91. The second kappa shape index (κ2) is 7.92. The Bertz CT molecular complexity index is 357. The highest BCUT2D eigenvalue weighted by Gasteiger charge is 2.05. The molecular formula is C13H21NO4. The zero-order valence-electron chi connectivity index (χ0n) is 10.8. The van der Waals surface area contributed by atoms with Crippen LogP contribution in [-0.4, -0.2) is 43.7 Å². The van der Waals surface area contributed by atoms with E-state index < -0.39 is 6.10 Å². The molecule has 0 aliphatic rings. The number of nitrogens with one attached hydrogen (secondary N) is 1. The lowest BCUT2D eigenvalue weighted by molar-refractivity contribution is 0.0594. The monoisotopic (exact) mass is 255 g/mol. The molecule has 1 rings (SSSR count). The van der Waals surface area contributed by atoms with E-state index in [0.717, 1.165) is 5.56 Å². The molecule has 0 heterocycles. The molecule has 0 bridgehead atoms. The Kier molecular flexibility index (Phi) is 6.49. The third-order valence-electron chi connectivity index (χ3n) is 2.62. The minimum atomic E-state index is -0.457. The summed E-state index contributed by atoms with van der Waals surface area (Å²) in [5.74, 6) is 0.949. The van der Waals surface area contributed by atoms with E-state index in [2.05, 4.69) is 5.32 Å². The minimum absolute atomic E-state index is 0.237. The molecule has 1 atom stereocenters. The van der Waals surface area contributed by atoms with Crippen molar-refractivity contribution in [2.75, 3.05) is 27.4 Å². The van der Waals surface area contributed by atoms with Crippen molar-refractivity contribution in [2.45, 2.75) is 19.1 Å². The van der Waals surface area contributed by atoms with Crippen LogP contribution in [0.15, 0.2) is 18.2 Å². The summed E-state index contributed by atoms with van der Waals surface area (Å²) >= 11 is 0. The minimum Gasteiger partial charge on any atom is -0.508 e. The fourth-order valence-corrected chi connectivity index (χ4v) is 1.60. The highest BCUT2D eigenvalue weighted by atomic mass is 16.5. The highest BCUT2D eigenvalue weighted by molar-refractivity contribution is 5.39. The van der Waals surface area contributed by atoms with Crippen molar-refractivity contribution in [3.05, 3.63) is 23.8 Å². The second-order valence-corrected chi connectivity index (χ2v) is 4.07. The first-order valence-corrected chi connectivity index (χ1v) is 5.91. The molecule has 0 saturated carbocycles. The van der Waals surface area contributed by atoms with Crippen LogP contribution in [0.3, 0.4) is 0 Å². The molecule has 1 aromatic rings. The number of benzene rings is 1. The zero-order valence-corrected chi connectivity index (χ0v) is 10.8. The number of ether oxygens (including phenoxy) is 2. The molecule has 5 nitrogen and oxygen atoms in total. The van der Waals surface area contributed by atoms with Gasteiger partial charge in [-0.1, -0.05) is 0 Å². The third-order valence-corrected chi connectivity index (χ3v) is 2.62. The fourth-order valence-electron chi connectivity index (χ4n) is 1.60. The summed E-state index contributed by atoms with van der Waals surface area (Å²) in [6.07, 6.45) is 0.153. The smallest absolute Gasteiger partial charge is 0.120 e. The van der Waals surface area contributed by atoms with Gasteiger partial charge < -0.3 is 25.0 Å². The Morgan fingerprint density at radius 2 is 2.11 bits per heavy atom. The molecule has 102 valence electrons. The van der Waals surface area contributed by atoms with Crippen LogP contribution in [0, 0.1) is 0 Å². The Hall–Kier alpha value is -1.30. The van der Waals surface area contributed by atoms with Gasteiger partial charge in [0.15, 0.2) is 0 Å². The lowest BCUT2D eigenvalue weighted by Crippen LogP contribution is -2.23. The number of phenolic OH excluding ortho intramolecular Hbond substituents is 1. The van der Waals surface area contributed by atoms with Gasteiger partial charge in [-0.05, 0) is 31.2 Å². The molecule has 1 unspecified atom stereocenters. The Balaban J connectivity index is 2.34. The molecule has 0 aromatic heterocycles. The summed E-state index contributed by atoms with van der Waals surface area (Å²) in [5.41, 5.74) is 0.774. The maximum Gasteiger partial charge on any atom is 0.120 e. The number of hydrogen-bond acceptors (Lipinski definition) is 5. The fraction of sp³-hybridized carbons (Fsp3) is 0.538. The van der Waals surface area contributed by atoms with E-state index in [-0.39, 0.29) is 5.75 Å². The van der Waals surface area contributed by atoms with Crippen LogP contribution in [0.5, 0.6) is 11.5 Å². The average Bonchev–Trinajstić information content (AvgIpc) is 2.37. The van der Waals surface area contributed by atoms with E-state index >= 15 is 0 Å². The van der Waals surface area contributed by atoms with Gasteiger partial charge in [-0.15, -0.1) is 0 Å². The number of methoxy groups -OCH3 is 2. The standard InChI is InChI=1S/C13H21NO4/c1-17-9-11(15)5-6-14-8-10-7-12(18-2)3-4-13(10)16/h3-4,7,11,14-16H,5-6,8-9H2,1-2H3. The second-order valence-electron chi connectivity index (χ2n) is 4.07. The van der Waals surface area contributed by atoms with Gasteiger partial charge >= 0.3 is 0 Å². The van der Waals surface area contributed by atoms with Crippen molar-refractivity contribution >= 4 is 0 Å². The Morgan fingerprint density at radius 3 is 2.78 bits per heavy atom. The van der Waals surface area contributed by atoms with Crippen LogP contribution in [-0.2, 0) is 11.3 Å². The van der Waals surface area contributed by atoms with E-state index in [1.54, 1.807) is 32.4 Å². The van der Waals surface area contributed by atoms with Gasteiger partial charge in [0.25, 0.3) is 0 Å². The molecular weight excluding hydrogens is 234 g/mol. The summed E-state index contributed by atoms with van der Waals surface area (Å²) in [7, 11) is 3.15. The lowest BCUT2D eigenvalue weighted by Gasteiger charge is -2.11. The van der Waals surface area contributed by atoms with Gasteiger partial charge in [-0.3, -0.25) is 0 Å². The first kappa shape index (κ1) is 14.8. The quantitative estimate of drug-likeness (QED) is 0.602. The van der Waals surface area contributed by atoms with E-state index in [1.807, 2.05) is 0 Å². The zero-order chi connectivity index (χ0) is 13.4. The van der Waals surface area contributed by atoms with E-state index in [1.165, 1.54) is 0 Å². The number of aliphatic hydroxyl groups is 1. The van der Waals surface area contributed by atoms with Gasteiger partial charge in [-0.2, -0.15) is 0 Å². The van der Waals surface area contributed by atoms with Gasteiger partial charge in [-0.25, -0.2) is 0 Å². The van der Waals surface area contributed by atoms with Crippen molar-refractivity contribution in [3.63, 3.8) is 0 Å². The number of phenols is 1. The molecule has 0 saturated heterocycles. The summed E-state index contributed by atoms with van der Waals surface area (Å²) in [6, 6.07) is 5.10. The topological polar surface area (TPSA) is 71.0 Å². The molecule has 18 heavy (non-hydrogen) atoms. The summed E-state index contributed by atoms with van der Waals surface area (Å²) in [6.45, 7) is 1.52. The first-order chi connectivity index (χ1) is 8.67.